The zero-order valence-corrected chi connectivity index (χ0v) is 22.7. The lowest BCUT2D eigenvalue weighted by Gasteiger charge is -2.24. The predicted molar refractivity (Wildman–Crippen MR) is 156 cm³/mol. The molecule has 1 saturated heterocycles. The monoisotopic (exact) mass is 540 g/mol. The number of carbonyl (C=O) groups is 2. The Labute approximate surface area is 235 Å². The van der Waals surface area contributed by atoms with Crippen LogP contribution in [0, 0.1) is 5.92 Å². The third-order valence-corrected chi connectivity index (χ3v) is 7.82. The number of nitrogens with zero attached hydrogens (tertiary/aromatic N) is 2. The van der Waals surface area contributed by atoms with Crippen molar-refractivity contribution in [1.29, 1.82) is 0 Å². The van der Waals surface area contributed by atoms with Crippen molar-refractivity contribution in [2.45, 2.75) is 38.6 Å². The van der Waals surface area contributed by atoms with Crippen LogP contribution in [0.15, 0.2) is 60.7 Å². The first-order chi connectivity index (χ1) is 19.6. The molecule has 0 atom stereocenters. The van der Waals surface area contributed by atoms with Crippen molar-refractivity contribution < 1.29 is 19.1 Å². The number of anilines is 2. The molecule has 0 spiro atoms. The molecule has 40 heavy (non-hydrogen) atoms. The maximum atomic E-state index is 13.5. The first-order valence-electron chi connectivity index (χ1n) is 14.3. The second-order valence-corrected chi connectivity index (χ2v) is 10.8. The van der Waals surface area contributed by atoms with Gasteiger partial charge >= 0.3 is 0 Å². The summed E-state index contributed by atoms with van der Waals surface area (Å²) >= 11 is 0. The molecule has 6 rings (SSSR count). The predicted octanol–water partition coefficient (Wildman–Crippen LogP) is 5.02. The van der Waals surface area contributed by atoms with Gasteiger partial charge in [-0.15, -0.1) is 0 Å². The second-order valence-electron chi connectivity index (χ2n) is 10.8. The quantitative estimate of drug-likeness (QED) is 0.375. The van der Waals surface area contributed by atoms with Crippen molar-refractivity contribution >= 4 is 23.2 Å². The number of hydrogen-bond acceptors (Lipinski definition) is 6. The maximum absolute atomic E-state index is 13.5. The lowest BCUT2D eigenvalue weighted by Crippen LogP contribution is -2.32. The number of amides is 2. The highest BCUT2D eigenvalue weighted by atomic mass is 16.7. The highest BCUT2D eigenvalue weighted by molar-refractivity contribution is 5.98. The summed E-state index contributed by atoms with van der Waals surface area (Å²) in [6.07, 6.45) is 4.99. The molecule has 2 fully saturated rings. The van der Waals surface area contributed by atoms with E-state index in [0.29, 0.717) is 43.1 Å². The van der Waals surface area contributed by atoms with E-state index in [9.17, 15) is 9.59 Å². The fraction of sp³-hybridized carbons (Fsp3) is 0.375. The van der Waals surface area contributed by atoms with Gasteiger partial charge in [0, 0.05) is 37.7 Å². The molecule has 2 amide bonds. The Morgan fingerprint density at radius 2 is 1.75 bits per heavy atom. The molecule has 3 aromatic rings. The van der Waals surface area contributed by atoms with E-state index in [4.69, 9.17) is 15.2 Å². The molecule has 0 unspecified atom stereocenters. The number of fused-ring (bicyclic) bond motifs is 1. The van der Waals surface area contributed by atoms with E-state index in [-0.39, 0.29) is 24.5 Å². The summed E-state index contributed by atoms with van der Waals surface area (Å²) in [6, 6.07) is 19.9. The Kier molecular flexibility index (Phi) is 7.60. The summed E-state index contributed by atoms with van der Waals surface area (Å²) in [4.78, 5) is 30.4. The van der Waals surface area contributed by atoms with Crippen molar-refractivity contribution in [2.75, 3.05) is 43.2 Å². The smallest absolute Gasteiger partial charge is 0.254 e. The van der Waals surface area contributed by atoms with Crippen LogP contribution in [0.3, 0.4) is 0 Å². The minimum Gasteiger partial charge on any atom is -0.454 e. The molecule has 3 aromatic carbocycles. The van der Waals surface area contributed by atoms with Crippen LogP contribution in [0.5, 0.6) is 11.5 Å². The summed E-state index contributed by atoms with van der Waals surface area (Å²) in [5.41, 5.74) is 11.4. The van der Waals surface area contributed by atoms with Gasteiger partial charge in [-0.05, 0) is 91.7 Å². The summed E-state index contributed by atoms with van der Waals surface area (Å²) < 4.78 is 10.9. The highest BCUT2D eigenvalue weighted by Gasteiger charge is 2.30. The summed E-state index contributed by atoms with van der Waals surface area (Å²) in [7, 11) is 0. The van der Waals surface area contributed by atoms with E-state index in [1.165, 1.54) is 12.8 Å². The van der Waals surface area contributed by atoms with Crippen molar-refractivity contribution in [3.05, 3.63) is 71.8 Å². The van der Waals surface area contributed by atoms with Gasteiger partial charge in [0.2, 0.25) is 12.7 Å². The van der Waals surface area contributed by atoms with Crippen LogP contribution in [0.1, 0.15) is 48.0 Å². The molecular weight excluding hydrogens is 504 g/mol. The summed E-state index contributed by atoms with van der Waals surface area (Å²) in [5, 5.41) is 3.22. The standard InChI is InChI=1S/C32H36N4O4/c33-13-4-16-36(32(38)26-10-12-29-30(19-26)40-21-39-29)20-22-5-3-6-24(17-22)25-9-11-28(35-14-1-2-15-35)27(18-25)34-31(37)23-7-8-23/h3,5-6,9-12,17-19,23H,1-2,4,7-8,13-16,20-21,33H2,(H,34,37). The maximum Gasteiger partial charge on any atom is 0.254 e. The number of hydrogen-bond donors (Lipinski definition) is 2. The zero-order valence-electron chi connectivity index (χ0n) is 22.7. The van der Waals surface area contributed by atoms with Gasteiger partial charge in [0.25, 0.3) is 5.91 Å². The molecule has 1 aliphatic carbocycles. The number of nitrogens with two attached hydrogens (primary N) is 1. The third-order valence-electron chi connectivity index (χ3n) is 7.82. The first kappa shape index (κ1) is 26.2. The Hall–Kier alpha value is -4.04. The first-order valence-corrected chi connectivity index (χ1v) is 14.3. The van der Waals surface area contributed by atoms with Crippen LogP contribution in [0.4, 0.5) is 11.4 Å². The average molecular weight is 541 g/mol. The van der Waals surface area contributed by atoms with Crippen LogP contribution in [-0.2, 0) is 11.3 Å². The normalized spacial score (nSPS) is 15.8. The van der Waals surface area contributed by atoms with Gasteiger partial charge in [-0.1, -0.05) is 24.3 Å². The van der Waals surface area contributed by atoms with Crippen LogP contribution >= 0.6 is 0 Å². The molecule has 2 heterocycles. The molecule has 3 N–H and O–H groups in total. The SMILES string of the molecule is NCCCN(Cc1cccc(-c2ccc(N3CCCC3)c(NC(=O)C3CC3)c2)c1)C(=O)c1ccc2c(c1)OCO2. The van der Waals surface area contributed by atoms with Crippen LogP contribution in [0.2, 0.25) is 0 Å². The van der Waals surface area contributed by atoms with Crippen molar-refractivity contribution in [3.63, 3.8) is 0 Å². The minimum absolute atomic E-state index is 0.0720. The number of ether oxygens (including phenoxy) is 2. The Balaban J connectivity index is 1.25. The van der Waals surface area contributed by atoms with Gasteiger partial charge in [0.15, 0.2) is 11.5 Å². The van der Waals surface area contributed by atoms with E-state index in [1.807, 2.05) is 17.0 Å². The van der Waals surface area contributed by atoms with Gasteiger partial charge in [-0.3, -0.25) is 9.59 Å². The zero-order chi connectivity index (χ0) is 27.5. The molecule has 208 valence electrons. The van der Waals surface area contributed by atoms with Gasteiger partial charge < -0.3 is 30.3 Å². The molecule has 8 heteroatoms. The lowest BCUT2D eigenvalue weighted by atomic mass is 10.0. The van der Waals surface area contributed by atoms with E-state index >= 15 is 0 Å². The Morgan fingerprint density at radius 3 is 2.55 bits per heavy atom. The third kappa shape index (κ3) is 5.77. The van der Waals surface area contributed by atoms with Crippen molar-refractivity contribution in [3.8, 4) is 22.6 Å². The Morgan fingerprint density at radius 1 is 0.950 bits per heavy atom. The molecule has 2 aliphatic heterocycles. The molecule has 0 bridgehead atoms. The van der Waals surface area contributed by atoms with Gasteiger partial charge in [0.1, 0.15) is 0 Å². The topological polar surface area (TPSA) is 97.1 Å². The summed E-state index contributed by atoms with van der Waals surface area (Å²) in [6.45, 7) is 3.70. The van der Waals surface area contributed by atoms with E-state index < -0.39 is 0 Å². The Bertz CT molecular complexity index is 1400. The van der Waals surface area contributed by atoms with Crippen molar-refractivity contribution in [2.24, 2.45) is 11.7 Å². The van der Waals surface area contributed by atoms with Crippen LogP contribution < -0.4 is 25.4 Å². The van der Waals surface area contributed by atoms with Crippen LogP contribution in [0.25, 0.3) is 11.1 Å². The number of nitrogens with one attached hydrogen (secondary N) is 1. The second kappa shape index (κ2) is 11.6. The van der Waals surface area contributed by atoms with Gasteiger partial charge in [-0.25, -0.2) is 0 Å². The number of rotatable bonds is 10. The molecule has 0 radical (unpaired) electrons. The number of benzene rings is 3. The summed E-state index contributed by atoms with van der Waals surface area (Å²) in [5.74, 6) is 1.43. The molecule has 8 nitrogen and oxygen atoms in total. The van der Waals surface area contributed by atoms with Gasteiger partial charge in [0.05, 0.1) is 11.4 Å². The highest BCUT2D eigenvalue weighted by Crippen LogP contribution is 2.37. The largest absolute Gasteiger partial charge is 0.454 e. The molecular formula is C32H36N4O4. The minimum atomic E-state index is -0.0720. The molecule has 3 aliphatic rings. The van der Waals surface area contributed by atoms with Crippen molar-refractivity contribution in [1.82, 2.24) is 4.90 Å². The fourth-order valence-corrected chi connectivity index (χ4v) is 5.45. The molecule has 0 aromatic heterocycles. The van der Waals surface area contributed by atoms with Gasteiger partial charge in [-0.2, -0.15) is 0 Å². The van der Waals surface area contributed by atoms with E-state index in [0.717, 1.165) is 54.0 Å². The fourth-order valence-electron chi connectivity index (χ4n) is 5.45. The lowest BCUT2D eigenvalue weighted by molar-refractivity contribution is -0.117. The van der Waals surface area contributed by atoms with E-state index in [1.54, 1.807) is 18.2 Å². The number of carbonyl (C=O) groups excluding carboxylic acids is 2. The average Bonchev–Trinajstić information content (AvgIpc) is 3.48. The van der Waals surface area contributed by atoms with E-state index in [2.05, 4.69) is 40.5 Å². The molecule has 1 saturated carbocycles. The van der Waals surface area contributed by atoms with Crippen LogP contribution in [-0.4, -0.2) is 49.7 Å².